The average molecular weight is 419 g/mol. The number of piperidine rings is 1. The summed E-state index contributed by atoms with van der Waals surface area (Å²) in [5.41, 5.74) is 1.07. The maximum absolute atomic E-state index is 13.9. The van der Waals surface area contributed by atoms with Crippen molar-refractivity contribution in [2.24, 2.45) is 0 Å². The van der Waals surface area contributed by atoms with Gasteiger partial charge in [-0.2, -0.15) is 5.10 Å². The van der Waals surface area contributed by atoms with Gasteiger partial charge in [0.25, 0.3) is 5.91 Å². The van der Waals surface area contributed by atoms with Crippen molar-refractivity contribution in [3.05, 3.63) is 29.7 Å². The minimum atomic E-state index is -0.364. The maximum Gasteiger partial charge on any atom is 0.272 e. The van der Waals surface area contributed by atoms with Crippen LogP contribution in [-0.2, 0) is 9.47 Å². The Hall–Kier alpha value is -2.03. The number of rotatable bonds is 7. The average Bonchev–Trinajstić information content (AvgIpc) is 3.20. The fourth-order valence-corrected chi connectivity index (χ4v) is 5.04. The SMILES string of the molecule is COC(CN1[C@@H]2CC[C@H]1CC(NC(=O)c1nn(C(C)C)c3ccc(F)cc13)C2)OC. The van der Waals surface area contributed by atoms with Gasteiger partial charge in [-0.25, -0.2) is 4.39 Å². The number of methoxy groups -OCH3 is 2. The molecule has 1 aromatic carbocycles. The molecule has 1 amide bonds. The molecule has 1 aromatic heterocycles. The molecule has 1 unspecified atom stereocenters. The number of fused-ring (bicyclic) bond motifs is 3. The Bertz CT molecular complexity index is 897. The normalized spacial score (nSPS) is 24.3. The second-order valence-corrected chi connectivity index (χ2v) is 8.67. The fourth-order valence-electron chi connectivity index (χ4n) is 5.04. The summed E-state index contributed by atoms with van der Waals surface area (Å²) in [5.74, 6) is -0.591. The number of hydrogen-bond donors (Lipinski definition) is 1. The molecular weight excluding hydrogens is 387 g/mol. The Morgan fingerprint density at radius 3 is 2.50 bits per heavy atom. The summed E-state index contributed by atoms with van der Waals surface area (Å²) >= 11 is 0. The molecule has 8 heteroatoms. The molecule has 2 fully saturated rings. The van der Waals surface area contributed by atoms with Crippen molar-refractivity contribution in [3.63, 3.8) is 0 Å². The summed E-state index contributed by atoms with van der Waals surface area (Å²) in [6.07, 6.45) is 3.78. The Balaban J connectivity index is 1.49. The molecule has 7 nitrogen and oxygen atoms in total. The quantitative estimate of drug-likeness (QED) is 0.700. The van der Waals surface area contributed by atoms with Gasteiger partial charge in [0.05, 0.1) is 12.1 Å². The van der Waals surface area contributed by atoms with Gasteiger partial charge in [-0.3, -0.25) is 14.4 Å². The van der Waals surface area contributed by atoms with Crippen molar-refractivity contribution < 1.29 is 18.7 Å². The summed E-state index contributed by atoms with van der Waals surface area (Å²) in [7, 11) is 3.32. The molecule has 2 aliphatic rings. The van der Waals surface area contributed by atoms with E-state index >= 15 is 0 Å². The van der Waals surface area contributed by atoms with Gasteiger partial charge >= 0.3 is 0 Å². The number of benzene rings is 1. The van der Waals surface area contributed by atoms with Crippen molar-refractivity contribution in [1.82, 2.24) is 20.0 Å². The van der Waals surface area contributed by atoms with Crippen LogP contribution in [0, 0.1) is 5.82 Å². The van der Waals surface area contributed by atoms with Crippen LogP contribution in [0.15, 0.2) is 18.2 Å². The Kier molecular flexibility index (Phi) is 6.09. The lowest BCUT2D eigenvalue weighted by Gasteiger charge is -2.40. The van der Waals surface area contributed by atoms with E-state index < -0.39 is 0 Å². The maximum atomic E-state index is 13.9. The van der Waals surface area contributed by atoms with E-state index in [1.54, 1.807) is 25.0 Å². The summed E-state index contributed by atoms with van der Waals surface area (Å²) in [5, 5.41) is 8.26. The molecule has 3 atom stereocenters. The molecule has 0 radical (unpaired) electrons. The number of hydrogen-bond acceptors (Lipinski definition) is 5. The Morgan fingerprint density at radius 2 is 1.90 bits per heavy atom. The lowest BCUT2D eigenvalue weighted by molar-refractivity contribution is -0.125. The van der Waals surface area contributed by atoms with Crippen LogP contribution in [0.25, 0.3) is 10.9 Å². The molecule has 2 aromatic rings. The van der Waals surface area contributed by atoms with Crippen LogP contribution in [-0.4, -0.2) is 65.8 Å². The highest BCUT2D eigenvalue weighted by atomic mass is 19.1. The predicted molar refractivity (Wildman–Crippen MR) is 112 cm³/mol. The van der Waals surface area contributed by atoms with E-state index in [9.17, 15) is 9.18 Å². The van der Waals surface area contributed by atoms with E-state index in [0.717, 1.165) is 37.7 Å². The number of aromatic nitrogens is 2. The number of nitrogens with one attached hydrogen (secondary N) is 1. The zero-order valence-corrected chi connectivity index (χ0v) is 18.1. The lowest BCUT2D eigenvalue weighted by atomic mass is 9.97. The highest BCUT2D eigenvalue weighted by Gasteiger charge is 2.42. The zero-order chi connectivity index (χ0) is 21.4. The topological polar surface area (TPSA) is 68.6 Å². The molecule has 4 rings (SSSR count). The van der Waals surface area contributed by atoms with Crippen LogP contribution in [0.5, 0.6) is 0 Å². The molecule has 30 heavy (non-hydrogen) atoms. The molecule has 0 spiro atoms. The summed E-state index contributed by atoms with van der Waals surface area (Å²) in [6, 6.07) is 5.47. The first-order chi connectivity index (χ1) is 14.4. The molecule has 2 aliphatic heterocycles. The van der Waals surface area contributed by atoms with Crippen molar-refractivity contribution in [2.45, 2.75) is 70.0 Å². The van der Waals surface area contributed by atoms with Crippen LogP contribution in [0.4, 0.5) is 4.39 Å². The van der Waals surface area contributed by atoms with Crippen LogP contribution in [0.1, 0.15) is 56.1 Å². The Labute approximate surface area is 176 Å². The summed E-state index contributed by atoms with van der Waals surface area (Å²) in [6.45, 7) is 4.74. The molecule has 0 saturated carbocycles. The first-order valence-corrected chi connectivity index (χ1v) is 10.7. The molecule has 164 valence electrons. The van der Waals surface area contributed by atoms with E-state index in [1.165, 1.54) is 12.1 Å². The van der Waals surface area contributed by atoms with Crippen molar-refractivity contribution in [2.75, 3.05) is 20.8 Å². The monoisotopic (exact) mass is 418 g/mol. The van der Waals surface area contributed by atoms with Crippen molar-refractivity contribution >= 4 is 16.8 Å². The van der Waals surface area contributed by atoms with E-state index in [4.69, 9.17) is 9.47 Å². The number of amides is 1. The lowest BCUT2D eigenvalue weighted by Crippen LogP contribution is -2.52. The smallest absolute Gasteiger partial charge is 0.272 e. The van der Waals surface area contributed by atoms with Gasteiger partial charge in [0.1, 0.15) is 5.82 Å². The molecular formula is C22H31FN4O3. The molecule has 3 heterocycles. The van der Waals surface area contributed by atoms with Gasteiger partial charge in [0, 0.05) is 43.8 Å². The van der Waals surface area contributed by atoms with Gasteiger partial charge in [0.15, 0.2) is 12.0 Å². The van der Waals surface area contributed by atoms with Crippen LogP contribution < -0.4 is 5.32 Å². The number of carbonyl (C=O) groups is 1. The number of nitrogens with zero attached hydrogens (tertiary/aromatic N) is 3. The minimum Gasteiger partial charge on any atom is -0.355 e. The second-order valence-electron chi connectivity index (χ2n) is 8.67. The Morgan fingerprint density at radius 1 is 1.23 bits per heavy atom. The largest absolute Gasteiger partial charge is 0.355 e. The molecule has 1 N–H and O–H groups in total. The summed E-state index contributed by atoms with van der Waals surface area (Å²) < 4.78 is 26.4. The van der Waals surface area contributed by atoms with Crippen LogP contribution >= 0.6 is 0 Å². The minimum absolute atomic E-state index is 0.0770. The van der Waals surface area contributed by atoms with Gasteiger partial charge in [0.2, 0.25) is 0 Å². The number of halogens is 1. The predicted octanol–water partition coefficient (Wildman–Crippen LogP) is 3.10. The first kappa shape index (κ1) is 21.2. The highest BCUT2D eigenvalue weighted by molar-refractivity contribution is 6.05. The van der Waals surface area contributed by atoms with Gasteiger partial charge in [-0.05, 0) is 57.7 Å². The summed E-state index contributed by atoms with van der Waals surface area (Å²) in [4.78, 5) is 15.6. The van der Waals surface area contributed by atoms with Crippen LogP contribution in [0.3, 0.4) is 0 Å². The third-order valence-corrected chi connectivity index (χ3v) is 6.48. The number of ether oxygens (including phenoxy) is 2. The molecule has 0 aliphatic carbocycles. The second kappa shape index (κ2) is 8.61. The molecule has 2 bridgehead atoms. The first-order valence-electron chi connectivity index (χ1n) is 10.7. The van der Waals surface area contributed by atoms with Crippen molar-refractivity contribution in [1.29, 1.82) is 0 Å². The fraction of sp³-hybridized carbons (Fsp3) is 0.636. The highest BCUT2D eigenvalue weighted by Crippen LogP contribution is 2.36. The van der Waals surface area contributed by atoms with E-state index in [0.29, 0.717) is 23.2 Å². The third-order valence-electron chi connectivity index (χ3n) is 6.48. The number of carbonyl (C=O) groups excluding carboxylic acids is 1. The van der Waals surface area contributed by atoms with Gasteiger partial charge < -0.3 is 14.8 Å². The van der Waals surface area contributed by atoms with Gasteiger partial charge in [-0.15, -0.1) is 0 Å². The van der Waals surface area contributed by atoms with Crippen LogP contribution in [0.2, 0.25) is 0 Å². The van der Waals surface area contributed by atoms with E-state index in [2.05, 4.69) is 15.3 Å². The molecule has 2 saturated heterocycles. The zero-order valence-electron chi connectivity index (χ0n) is 18.1. The third kappa shape index (κ3) is 3.96. The van der Waals surface area contributed by atoms with E-state index in [1.807, 2.05) is 13.8 Å². The standard InChI is InChI=1S/C22H31FN4O3/c1-13(2)27-19-8-5-14(23)9-18(19)21(25-27)22(28)24-15-10-16-6-7-17(11-15)26(16)12-20(29-3)30-4/h5,8-9,13,15-17,20H,6-7,10-12H2,1-4H3,(H,24,28)/t15?,16-,17+. The van der Waals surface area contributed by atoms with Gasteiger partial charge in [-0.1, -0.05) is 0 Å². The van der Waals surface area contributed by atoms with Crippen molar-refractivity contribution in [3.8, 4) is 0 Å². The van der Waals surface area contributed by atoms with E-state index in [-0.39, 0.29) is 30.1 Å².